The van der Waals surface area contributed by atoms with Gasteiger partial charge in [0, 0.05) is 18.3 Å². The Balaban J connectivity index is 2.33. The maximum Gasteiger partial charge on any atom is 0.246 e. The van der Waals surface area contributed by atoms with Crippen molar-refractivity contribution in [2.45, 2.75) is 32.4 Å². The van der Waals surface area contributed by atoms with E-state index in [1.807, 2.05) is 31.2 Å². The summed E-state index contributed by atoms with van der Waals surface area (Å²) in [6, 6.07) is 7.65. The Hall–Kier alpha value is -1.39. The van der Waals surface area contributed by atoms with Crippen molar-refractivity contribution in [2.75, 3.05) is 18.1 Å². The van der Waals surface area contributed by atoms with E-state index in [4.69, 9.17) is 0 Å². The molecule has 1 saturated heterocycles. The molecule has 1 aliphatic rings. The minimum atomic E-state index is -0.487. The fourth-order valence-electron chi connectivity index (χ4n) is 2.44. The topological polar surface area (TPSA) is 52.6 Å². The standard InChI is InChI=1S/C14H20N2O2/c1-3-11-6-4-5-7-13(11)16-8-10(2)15-12(9-17)14(16)18/h4-7,10,12,15,17H,3,8-9H2,1-2H3. The van der Waals surface area contributed by atoms with Crippen LogP contribution in [-0.2, 0) is 11.2 Å². The first kappa shape index (κ1) is 13.1. The van der Waals surface area contributed by atoms with E-state index in [1.54, 1.807) is 4.90 Å². The van der Waals surface area contributed by atoms with Crippen molar-refractivity contribution < 1.29 is 9.90 Å². The van der Waals surface area contributed by atoms with Gasteiger partial charge in [-0.25, -0.2) is 0 Å². The van der Waals surface area contributed by atoms with Crippen LogP contribution in [0.25, 0.3) is 0 Å². The van der Waals surface area contributed by atoms with Gasteiger partial charge in [-0.2, -0.15) is 0 Å². The molecule has 4 nitrogen and oxygen atoms in total. The van der Waals surface area contributed by atoms with Crippen LogP contribution < -0.4 is 10.2 Å². The molecule has 1 aromatic rings. The lowest BCUT2D eigenvalue weighted by Crippen LogP contribution is -2.60. The third-order valence-electron chi connectivity index (χ3n) is 3.35. The quantitative estimate of drug-likeness (QED) is 0.837. The molecule has 0 spiro atoms. The Bertz CT molecular complexity index is 434. The highest BCUT2D eigenvalue weighted by Gasteiger charge is 2.32. The predicted octanol–water partition coefficient (Wildman–Crippen LogP) is 0.935. The number of para-hydroxylation sites is 1. The van der Waals surface area contributed by atoms with Crippen LogP contribution in [0, 0.1) is 0 Å². The molecule has 1 fully saturated rings. The minimum absolute atomic E-state index is 0.0449. The largest absolute Gasteiger partial charge is 0.394 e. The van der Waals surface area contributed by atoms with E-state index in [0.717, 1.165) is 17.7 Å². The normalized spacial score (nSPS) is 24.4. The van der Waals surface area contributed by atoms with Crippen molar-refractivity contribution in [3.05, 3.63) is 29.8 Å². The zero-order valence-corrected chi connectivity index (χ0v) is 10.9. The molecule has 0 saturated carbocycles. The number of piperazine rings is 1. The summed E-state index contributed by atoms with van der Waals surface area (Å²) in [6.45, 7) is 4.59. The molecule has 1 amide bonds. The number of aliphatic hydroxyl groups excluding tert-OH is 1. The molecule has 1 aromatic carbocycles. The number of carbonyl (C=O) groups excluding carboxylic acids is 1. The molecule has 0 bridgehead atoms. The molecule has 4 heteroatoms. The molecule has 2 atom stereocenters. The summed E-state index contributed by atoms with van der Waals surface area (Å²) in [4.78, 5) is 14.1. The molecular formula is C14H20N2O2. The van der Waals surface area contributed by atoms with Gasteiger partial charge in [-0.15, -0.1) is 0 Å². The Morgan fingerprint density at radius 2 is 2.17 bits per heavy atom. The van der Waals surface area contributed by atoms with E-state index in [-0.39, 0.29) is 18.6 Å². The third kappa shape index (κ3) is 2.40. The van der Waals surface area contributed by atoms with Gasteiger partial charge in [-0.05, 0) is 25.0 Å². The number of carbonyl (C=O) groups is 1. The second-order valence-electron chi connectivity index (χ2n) is 4.73. The number of rotatable bonds is 3. The number of anilines is 1. The number of nitrogens with one attached hydrogen (secondary N) is 1. The van der Waals surface area contributed by atoms with Gasteiger partial charge in [-0.3, -0.25) is 10.1 Å². The van der Waals surface area contributed by atoms with Crippen molar-refractivity contribution in [3.63, 3.8) is 0 Å². The SMILES string of the molecule is CCc1ccccc1N1CC(C)NC(CO)C1=O. The van der Waals surface area contributed by atoms with E-state index in [9.17, 15) is 9.90 Å². The monoisotopic (exact) mass is 248 g/mol. The lowest BCUT2D eigenvalue weighted by atomic mass is 10.0. The van der Waals surface area contributed by atoms with Crippen molar-refractivity contribution in [2.24, 2.45) is 0 Å². The highest BCUT2D eigenvalue weighted by atomic mass is 16.3. The minimum Gasteiger partial charge on any atom is -0.394 e. The van der Waals surface area contributed by atoms with Crippen molar-refractivity contribution in [1.29, 1.82) is 0 Å². The highest BCUT2D eigenvalue weighted by molar-refractivity contribution is 5.98. The van der Waals surface area contributed by atoms with Crippen LogP contribution in [0.3, 0.4) is 0 Å². The average molecular weight is 248 g/mol. The van der Waals surface area contributed by atoms with Gasteiger partial charge in [0.15, 0.2) is 0 Å². The molecular weight excluding hydrogens is 228 g/mol. The number of benzene rings is 1. The Morgan fingerprint density at radius 1 is 1.44 bits per heavy atom. The lowest BCUT2D eigenvalue weighted by molar-refractivity contribution is -0.123. The van der Waals surface area contributed by atoms with E-state index in [2.05, 4.69) is 12.2 Å². The average Bonchev–Trinajstić information content (AvgIpc) is 2.41. The smallest absolute Gasteiger partial charge is 0.246 e. The van der Waals surface area contributed by atoms with Crippen LogP contribution in [0.1, 0.15) is 19.4 Å². The zero-order chi connectivity index (χ0) is 13.1. The van der Waals surface area contributed by atoms with Gasteiger partial charge in [0.1, 0.15) is 6.04 Å². The van der Waals surface area contributed by atoms with Crippen molar-refractivity contribution >= 4 is 11.6 Å². The maximum absolute atomic E-state index is 12.3. The molecule has 0 aromatic heterocycles. The van der Waals surface area contributed by atoms with Crippen molar-refractivity contribution in [1.82, 2.24) is 5.32 Å². The van der Waals surface area contributed by atoms with Gasteiger partial charge in [-0.1, -0.05) is 25.1 Å². The zero-order valence-electron chi connectivity index (χ0n) is 10.9. The third-order valence-corrected chi connectivity index (χ3v) is 3.35. The second-order valence-corrected chi connectivity index (χ2v) is 4.73. The van der Waals surface area contributed by atoms with E-state index in [1.165, 1.54) is 0 Å². The summed E-state index contributed by atoms with van der Waals surface area (Å²) in [5.41, 5.74) is 2.13. The number of nitrogens with zero attached hydrogens (tertiary/aromatic N) is 1. The summed E-state index contributed by atoms with van der Waals surface area (Å²) < 4.78 is 0. The van der Waals surface area contributed by atoms with Gasteiger partial charge < -0.3 is 10.0 Å². The first-order valence-electron chi connectivity index (χ1n) is 6.43. The van der Waals surface area contributed by atoms with Crippen molar-refractivity contribution in [3.8, 4) is 0 Å². The summed E-state index contributed by atoms with van der Waals surface area (Å²) in [5, 5.41) is 12.4. The molecule has 2 N–H and O–H groups in total. The van der Waals surface area contributed by atoms with Crippen LogP contribution in [0.2, 0.25) is 0 Å². The number of hydrogen-bond donors (Lipinski definition) is 2. The van der Waals surface area contributed by atoms with Gasteiger partial charge in [0.25, 0.3) is 0 Å². The van der Waals surface area contributed by atoms with E-state index in [0.29, 0.717) is 6.54 Å². The second kappa shape index (κ2) is 5.50. The Morgan fingerprint density at radius 3 is 2.83 bits per heavy atom. The molecule has 0 radical (unpaired) electrons. The van der Waals surface area contributed by atoms with Crippen LogP contribution in [-0.4, -0.2) is 36.2 Å². The fourth-order valence-corrected chi connectivity index (χ4v) is 2.44. The number of aryl methyl sites for hydroxylation is 1. The van der Waals surface area contributed by atoms with Gasteiger partial charge >= 0.3 is 0 Å². The molecule has 2 rings (SSSR count). The van der Waals surface area contributed by atoms with E-state index >= 15 is 0 Å². The highest BCUT2D eigenvalue weighted by Crippen LogP contribution is 2.23. The first-order valence-corrected chi connectivity index (χ1v) is 6.43. The van der Waals surface area contributed by atoms with Crippen LogP contribution in [0.15, 0.2) is 24.3 Å². The summed E-state index contributed by atoms with van der Waals surface area (Å²) in [5.74, 6) is -0.0449. The summed E-state index contributed by atoms with van der Waals surface area (Å²) in [6.07, 6.45) is 0.894. The van der Waals surface area contributed by atoms with Crippen LogP contribution in [0.5, 0.6) is 0 Å². The molecule has 1 heterocycles. The van der Waals surface area contributed by atoms with Gasteiger partial charge in [0.05, 0.1) is 6.61 Å². The van der Waals surface area contributed by atoms with Gasteiger partial charge in [0.2, 0.25) is 5.91 Å². The van der Waals surface area contributed by atoms with Crippen LogP contribution >= 0.6 is 0 Å². The molecule has 2 unspecified atom stereocenters. The first-order chi connectivity index (χ1) is 8.67. The molecule has 18 heavy (non-hydrogen) atoms. The number of aliphatic hydroxyl groups is 1. The molecule has 1 aliphatic heterocycles. The summed E-state index contributed by atoms with van der Waals surface area (Å²) >= 11 is 0. The van der Waals surface area contributed by atoms with E-state index < -0.39 is 6.04 Å². The number of amides is 1. The molecule has 0 aliphatic carbocycles. The molecule has 98 valence electrons. The fraction of sp³-hybridized carbons (Fsp3) is 0.500. The maximum atomic E-state index is 12.3. The summed E-state index contributed by atoms with van der Waals surface area (Å²) in [7, 11) is 0. The predicted molar refractivity (Wildman–Crippen MR) is 71.6 cm³/mol. The lowest BCUT2D eigenvalue weighted by Gasteiger charge is -2.37. The number of hydrogen-bond acceptors (Lipinski definition) is 3. The Kier molecular flexibility index (Phi) is 3.99. The van der Waals surface area contributed by atoms with Crippen LogP contribution in [0.4, 0.5) is 5.69 Å². The Labute approximate surface area is 108 Å².